The smallest absolute Gasteiger partial charge is 0.322 e. The predicted octanol–water partition coefficient (Wildman–Crippen LogP) is 3.98. The Bertz CT molecular complexity index is 1270. The van der Waals surface area contributed by atoms with Gasteiger partial charge in [-0.05, 0) is 18.2 Å². The van der Waals surface area contributed by atoms with Gasteiger partial charge in [-0.3, -0.25) is 9.36 Å². The van der Waals surface area contributed by atoms with Crippen LogP contribution >= 0.6 is 0 Å². The van der Waals surface area contributed by atoms with Gasteiger partial charge < -0.3 is 5.32 Å². The minimum Gasteiger partial charge on any atom is -0.322 e. The molecule has 0 aliphatic carbocycles. The average Bonchev–Trinajstić information content (AvgIpc) is 2.73. The minimum absolute atomic E-state index is 0.291. The van der Waals surface area contributed by atoms with Gasteiger partial charge >= 0.3 is 5.69 Å². The van der Waals surface area contributed by atoms with Crippen LogP contribution in [-0.2, 0) is 11.3 Å². The number of nitrogens with one attached hydrogen (secondary N) is 1. The average molecular weight is 391 g/mol. The van der Waals surface area contributed by atoms with Gasteiger partial charge in [0.1, 0.15) is 18.2 Å². The Morgan fingerprint density at radius 1 is 0.966 bits per heavy atom. The van der Waals surface area contributed by atoms with E-state index in [0.717, 1.165) is 23.8 Å². The summed E-state index contributed by atoms with van der Waals surface area (Å²) < 4.78 is 28.3. The zero-order valence-electron chi connectivity index (χ0n) is 15.1. The third-order valence-electron chi connectivity index (χ3n) is 4.44. The highest BCUT2D eigenvalue weighted by molar-refractivity contribution is 5.95. The Labute approximate surface area is 164 Å². The molecule has 4 aromatic rings. The van der Waals surface area contributed by atoms with E-state index in [1.165, 1.54) is 4.57 Å². The molecule has 0 fully saturated rings. The Morgan fingerprint density at radius 3 is 2.48 bits per heavy atom. The number of rotatable bonds is 4. The molecule has 1 N–H and O–H groups in total. The number of hydrogen-bond donors (Lipinski definition) is 1. The van der Waals surface area contributed by atoms with Crippen molar-refractivity contribution >= 4 is 22.5 Å². The Morgan fingerprint density at radius 2 is 1.69 bits per heavy atom. The first-order valence-corrected chi connectivity index (χ1v) is 8.83. The zero-order chi connectivity index (χ0) is 20.4. The third kappa shape index (κ3) is 3.75. The SMILES string of the molecule is O=C(Cn1c(=O)nc(-c2ccccc2)c2ccccc21)Nc1cc(F)ccc1F. The van der Waals surface area contributed by atoms with E-state index in [9.17, 15) is 18.4 Å². The summed E-state index contributed by atoms with van der Waals surface area (Å²) in [4.78, 5) is 29.2. The fourth-order valence-electron chi connectivity index (χ4n) is 3.12. The summed E-state index contributed by atoms with van der Waals surface area (Å²) in [6.07, 6.45) is 0. The van der Waals surface area contributed by atoms with Gasteiger partial charge in [0.2, 0.25) is 5.91 Å². The van der Waals surface area contributed by atoms with Crippen molar-refractivity contribution in [3.63, 3.8) is 0 Å². The summed E-state index contributed by atoms with van der Waals surface area (Å²) in [5.74, 6) is -2.12. The van der Waals surface area contributed by atoms with E-state index in [2.05, 4.69) is 10.3 Å². The van der Waals surface area contributed by atoms with Crippen LogP contribution in [0.5, 0.6) is 0 Å². The Balaban J connectivity index is 1.73. The van der Waals surface area contributed by atoms with Crippen LogP contribution in [0.1, 0.15) is 0 Å². The van der Waals surface area contributed by atoms with E-state index in [1.807, 2.05) is 42.5 Å². The van der Waals surface area contributed by atoms with Crippen molar-refractivity contribution in [2.24, 2.45) is 0 Å². The van der Waals surface area contributed by atoms with Crippen LogP contribution in [0.2, 0.25) is 0 Å². The van der Waals surface area contributed by atoms with Crippen LogP contribution in [-0.4, -0.2) is 15.5 Å². The number of hydrogen-bond acceptors (Lipinski definition) is 3. The minimum atomic E-state index is -0.769. The molecule has 0 saturated heterocycles. The van der Waals surface area contributed by atoms with Crippen molar-refractivity contribution in [1.29, 1.82) is 0 Å². The number of nitrogens with zero attached hydrogens (tertiary/aromatic N) is 2. The second kappa shape index (κ2) is 7.63. The zero-order valence-corrected chi connectivity index (χ0v) is 15.1. The van der Waals surface area contributed by atoms with Crippen molar-refractivity contribution in [2.75, 3.05) is 5.32 Å². The standard InChI is InChI=1S/C22H15F2N3O2/c23-15-10-11-17(24)18(12-15)25-20(28)13-27-19-9-5-4-8-16(19)21(26-22(27)29)14-6-2-1-3-7-14/h1-12H,13H2,(H,25,28). The lowest BCUT2D eigenvalue weighted by atomic mass is 10.1. The fourth-order valence-corrected chi connectivity index (χ4v) is 3.12. The van der Waals surface area contributed by atoms with Gasteiger partial charge in [-0.1, -0.05) is 48.5 Å². The number of aromatic nitrogens is 2. The molecular formula is C22H15F2N3O2. The molecule has 0 spiro atoms. The molecule has 7 heteroatoms. The number of carbonyl (C=O) groups is 1. The van der Waals surface area contributed by atoms with Crippen LogP contribution in [0.3, 0.4) is 0 Å². The fraction of sp³-hybridized carbons (Fsp3) is 0.0455. The maximum Gasteiger partial charge on any atom is 0.349 e. The topological polar surface area (TPSA) is 64.0 Å². The molecular weight excluding hydrogens is 376 g/mol. The summed E-state index contributed by atoms with van der Waals surface area (Å²) in [5.41, 5.74) is 0.901. The number of fused-ring (bicyclic) bond motifs is 1. The molecule has 5 nitrogen and oxygen atoms in total. The molecule has 144 valence electrons. The molecule has 0 aliphatic rings. The lowest BCUT2D eigenvalue weighted by Crippen LogP contribution is -2.30. The maximum absolute atomic E-state index is 13.8. The van der Waals surface area contributed by atoms with E-state index < -0.39 is 29.8 Å². The highest BCUT2D eigenvalue weighted by atomic mass is 19.1. The highest BCUT2D eigenvalue weighted by Gasteiger charge is 2.15. The molecule has 1 aromatic heterocycles. The second-order valence-electron chi connectivity index (χ2n) is 6.38. The third-order valence-corrected chi connectivity index (χ3v) is 4.44. The van der Waals surface area contributed by atoms with Crippen LogP contribution < -0.4 is 11.0 Å². The number of benzene rings is 3. The summed E-state index contributed by atoms with van der Waals surface area (Å²) in [6, 6.07) is 19.1. The Kier molecular flexibility index (Phi) is 4.87. The lowest BCUT2D eigenvalue weighted by Gasteiger charge is -2.13. The van der Waals surface area contributed by atoms with Crippen molar-refractivity contribution in [3.8, 4) is 11.3 Å². The number of carbonyl (C=O) groups excluding carboxylic acids is 1. The summed E-state index contributed by atoms with van der Waals surface area (Å²) in [7, 11) is 0. The molecule has 0 bridgehead atoms. The van der Waals surface area contributed by atoms with Crippen LogP contribution in [0.4, 0.5) is 14.5 Å². The van der Waals surface area contributed by atoms with Crippen molar-refractivity contribution in [2.45, 2.75) is 6.54 Å². The number of para-hydroxylation sites is 1. The van der Waals surface area contributed by atoms with Gasteiger partial charge in [0.25, 0.3) is 0 Å². The van der Waals surface area contributed by atoms with Crippen LogP contribution in [0, 0.1) is 11.6 Å². The van der Waals surface area contributed by atoms with E-state index in [-0.39, 0.29) is 5.69 Å². The maximum atomic E-state index is 13.8. The summed E-state index contributed by atoms with van der Waals surface area (Å²) in [6.45, 7) is -0.391. The molecule has 0 aliphatic heterocycles. The van der Waals surface area contributed by atoms with E-state index in [4.69, 9.17) is 0 Å². The first kappa shape index (κ1) is 18.5. The normalized spacial score (nSPS) is 10.8. The first-order valence-electron chi connectivity index (χ1n) is 8.83. The van der Waals surface area contributed by atoms with E-state index in [0.29, 0.717) is 16.6 Å². The van der Waals surface area contributed by atoms with Gasteiger partial charge in [-0.2, -0.15) is 4.98 Å². The van der Waals surface area contributed by atoms with Crippen molar-refractivity contribution in [3.05, 3.63) is 94.9 Å². The monoisotopic (exact) mass is 391 g/mol. The van der Waals surface area contributed by atoms with Crippen molar-refractivity contribution < 1.29 is 13.6 Å². The molecule has 0 unspecified atom stereocenters. The lowest BCUT2D eigenvalue weighted by molar-refractivity contribution is -0.116. The number of anilines is 1. The van der Waals surface area contributed by atoms with Gasteiger partial charge in [0.15, 0.2) is 0 Å². The Hall–Kier alpha value is -3.87. The van der Waals surface area contributed by atoms with Gasteiger partial charge in [0, 0.05) is 17.0 Å². The van der Waals surface area contributed by atoms with E-state index >= 15 is 0 Å². The molecule has 0 saturated carbocycles. The summed E-state index contributed by atoms with van der Waals surface area (Å²) >= 11 is 0. The van der Waals surface area contributed by atoms with E-state index in [1.54, 1.807) is 12.1 Å². The van der Waals surface area contributed by atoms with Gasteiger partial charge in [0.05, 0.1) is 16.9 Å². The number of amides is 1. The first-order chi connectivity index (χ1) is 14.0. The summed E-state index contributed by atoms with van der Waals surface area (Å²) in [5, 5.41) is 2.99. The van der Waals surface area contributed by atoms with Gasteiger partial charge in [-0.25, -0.2) is 13.6 Å². The van der Waals surface area contributed by atoms with Crippen LogP contribution in [0.25, 0.3) is 22.2 Å². The van der Waals surface area contributed by atoms with Crippen LogP contribution in [0.15, 0.2) is 77.6 Å². The highest BCUT2D eigenvalue weighted by Crippen LogP contribution is 2.25. The van der Waals surface area contributed by atoms with Gasteiger partial charge in [-0.15, -0.1) is 0 Å². The largest absolute Gasteiger partial charge is 0.349 e. The molecule has 1 amide bonds. The quantitative estimate of drug-likeness (QED) is 0.572. The van der Waals surface area contributed by atoms with Crippen molar-refractivity contribution in [1.82, 2.24) is 9.55 Å². The number of halogens is 2. The molecule has 29 heavy (non-hydrogen) atoms. The second-order valence-corrected chi connectivity index (χ2v) is 6.38. The molecule has 1 heterocycles. The molecule has 0 radical (unpaired) electrons. The predicted molar refractivity (Wildman–Crippen MR) is 106 cm³/mol. The molecule has 3 aromatic carbocycles. The molecule has 4 rings (SSSR count). The molecule has 0 atom stereocenters.